The van der Waals surface area contributed by atoms with Crippen molar-refractivity contribution in [2.24, 2.45) is 0 Å². The van der Waals surface area contributed by atoms with Gasteiger partial charge < -0.3 is 15.2 Å². The Kier molecular flexibility index (Phi) is 5.70. The third-order valence-electron chi connectivity index (χ3n) is 3.28. The minimum Gasteiger partial charge on any atom is -0.359 e. The fourth-order valence-corrected chi connectivity index (χ4v) is 4.56. The maximum absolute atomic E-state index is 12.1. The molecule has 2 heterocycles. The van der Waals surface area contributed by atoms with Crippen LogP contribution in [-0.2, 0) is 10.0 Å². The standard InChI is InChI=1S/C12H20N4O4S2/c1-9-11(10(2)20-15-9)14-12(17)13-3-8-22(18,19)16-4-6-21-7-5-16/h3-8H2,1-2H3,(H2,13,14,17). The molecular formula is C12H20N4O4S2. The third kappa shape index (κ3) is 4.37. The highest BCUT2D eigenvalue weighted by Gasteiger charge is 2.23. The number of urea groups is 1. The molecule has 2 amide bonds. The summed E-state index contributed by atoms with van der Waals surface area (Å²) in [6, 6.07) is -0.473. The van der Waals surface area contributed by atoms with Gasteiger partial charge in [-0.05, 0) is 13.8 Å². The van der Waals surface area contributed by atoms with Crippen LogP contribution >= 0.6 is 11.8 Å². The molecule has 1 aliphatic heterocycles. The number of nitrogens with zero attached hydrogens (tertiary/aromatic N) is 2. The van der Waals surface area contributed by atoms with E-state index in [0.29, 0.717) is 30.2 Å². The summed E-state index contributed by atoms with van der Waals surface area (Å²) in [7, 11) is -3.31. The smallest absolute Gasteiger partial charge is 0.319 e. The lowest BCUT2D eigenvalue weighted by Gasteiger charge is -2.25. The number of thioether (sulfide) groups is 1. The number of aryl methyl sites for hydroxylation is 2. The molecule has 0 radical (unpaired) electrons. The highest BCUT2D eigenvalue weighted by Crippen LogP contribution is 2.18. The van der Waals surface area contributed by atoms with E-state index in [4.69, 9.17) is 4.52 Å². The number of hydrogen-bond acceptors (Lipinski definition) is 6. The summed E-state index contributed by atoms with van der Waals surface area (Å²) >= 11 is 1.75. The number of nitrogens with one attached hydrogen (secondary N) is 2. The van der Waals surface area contributed by atoms with E-state index >= 15 is 0 Å². The number of carbonyl (C=O) groups is 1. The molecule has 0 unspecified atom stereocenters. The summed E-state index contributed by atoms with van der Waals surface area (Å²) in [6.45, 7) is 4.54. The number of sulfonamides is 1. The molecule has 1 aliphatic rings. The average molecular weight is 348 g/mol. The lowest BCUT2D eigenvalue weighted by Crippen LogP contribution is -2.42. The van der Waals surface area contributed by atoms with Gasteiger partial charge in [0.15, 0.2) is 5.76 Å². The van der Waals surface area contributed by atoms with Crippen molar-refractivity contribution in [2.45, 2.75) is 13.8 Å². The molecule has 1 aromatic rings. The Morgan fingerprint density at radius 3 is 2.64 bits per heavy atom. The van der Waals surface area contributed by atoms with Crippen LogP contribution in [0.4, 0.5) is 10.5 Å². The van der Waals surface area contributed by atoms with E-state index in [1.807, 2.05) is 0 Å². The highest BCUT2D eigenvalue weighted by atomic mass is 32.2. The average Bonchev–Trinajstić information content (AvgIpc) is 2.80. The molecule has 0 spiro atoms. The molecule has 8 nitrogen and oxygen atoms in total. The largest absolute Gasteiger partial charge is 0.359 e. The van der Waals surface area contributed by atoms with Crippen molar-refractivity contribution < 1.29 is 17.7 Å². The van der Waals surface area contributed by atoms with Crippen LogP contribution in [0.5, 0.6) is 0 Å². The SMILES string of the molecule is Cc1noc(C)c1NC(=O)NCCS(=O)(=O)N1CCSCC1. The van der Waals surface area contributed by atoms with Gasteiger partial charge in [0.05, 0.1) is 5.75 Å². The zero-order chi connectivity index (χ0) is 16.2. The summed E-state index contributed by atoms with van der Waals surface area (Å²) in [5.41, 5.74) is 1.08. The first kappa shape index (κ1) is 17.1. The third-order valence-corrected chi connectivity index (χ3v) is 6.10. The van der Waals surface area contributed by atoms with Crippen LogP contribution in [-0.4, -0.2) is 60.8 Å². The first-order valence-corrected chi connectivity index (χ1v) is 9.70. The molecule has 1 aromatic heterocycles. The molecule has 2 rings (SSSR count). The van der Waals surface area contributed by atoms with E-state index < -0.39 is 16.1 Å². The molecule has 1 fully saturated rings. The number of rotatable bonds is 5. The molecule has 124 valence electrons. The van der Waals surface area contributed by atoms with Crippen molar-refractivity contribution >= 4 is 33.5 Å². The maximum Gasteiger partial charge on any atom is 0.319 e. The number of amides is 2. The van der Waals surface area contributed by atoms with Gasteiger partial charge in [-0.3, -0.25) is 0 Å². The lowest BCUT2D eigenvalue weighted by molar-refractivity contribution is 0.252. The predicted octanol–water partition coefficient (Wildman–Crippen LogP) is 0.792. The summed E-state index contributed by atoms with van der Waals surface area (Å²) in [5, 5.41) is 8.87. The quantitative estimate of drug-likeness (QED) is 0.815. The van der Waals surface area contributed by atoms with Crippen LogP contribution in [0, 0.1) is 13.8 Å². The van der Waals surface area contributed by atoms with E-state index in [9.17, 15) is 13.2 Å². The van der Waals surface area contributed by atoms with Crippen LogP contribution in [0.2, 0.25) is 0 Å². The van der Waals surface area contributed by atoms with Crippen molar-refractivity contribution in [3.8, 4) is 0 Å². The van der Waals surface area contributed by atoms with Gasteiger partial charge in [0.2, 0.25) is 10.0 Å². The molecule has 0 saturated carbocycles. The summed E-state index contributed by atoms with van der Waals surface area (Å²) in [4.78, 5) is 11.8. The minimum absolute atomic E-state index is 0.0567. The van der Waals surface area contributed by atoms with Crippen LogP contribution < -0.4 is 10.6 Å². The zero-order valence-corrected chi connectivity index (χ0v) is 14.2. The molecule has 0 atom stereocenters. The van der Waals surface area contributed by atoms with Crippen molar-refractivity contribution in [1.82, 2.24) is 14.8 Å². The molecule has 0 aromatic carbocycles. The highest BCUT2D eigenvalue weighted by molar-refractivity contribution is 7.99. The van der Waals surface area contributed by atoms with Crippen LogP contribution in [0.1, 0.15) is 11.5 Å². The Balaban J connectivity index is 1.79. The maximum atomic E-state index is 12.1. The van der Waals surface area contributed by atoms with Gasteiger partial charge in [-0.15, -0.1) is 0 Å². The molecule has 0 bridgehead atoms. The van der Waals surface area contributed by atoms with Gasteiger partial charge in [0.25, 0.3) is 0 Å². The van der Waals surface area contributed by atoms with Crippen molar-refractivity contribution in [1.29, 1.82) is 0 Å². The second-order valence-electron chi connectivity index (χ2n) is 4.91. The lowest BCUT2D eigenvalue weighted by atomic mass is 10.3. The van der Waals surface area contributed by atoms with E-state index in [-0.39, 0.29) is 12.3 Å². The van der Waals surface area contributed by atoms with Gasteiger partial charge >= 0.3 is 6.03 Å². The first-order chi connectivity index (χ1) is 10.4. The van der Waals surface area contributed by atoms with Gasteiger partial charge in [-0.1, -0.05) is 5.16 Å². The first-order valence-electron chi connectivity index (χ1n) is 6.93. The second-order valence-corrected chi connectivity index (χ2v) is 8.22. The van der Waals surface area contributed by atoms with Gasteiger partial charge in [-0.2, -0.15) is 11.8 Å². The number of anilines is 1. The fraction of sp³-hybridized carbons (Fsp3) is 0.667. The molecule has 10 heteroatoms. The zero-order valence-electron chi connectivity index (χ0n) is 12.6. The summed E-state index contributed by atoms with van der Waals surface area (Å²) in [6.07, 6.45) is 0. The Labute approximate surface area is 134 Å². The van der Waals surface area contributed by atoms with Crippen molar-refractivity contribution in [3.05, 3.63) is 11.5 Å². The van der Waals surface area contributed by atoms with E-state index in [1.165, 1.54) is 4.31 Å². The molecular weight excluding hydrogens is 328 g/mol. The molecule has 22 heavy (non-hydrogen) atoms. The Bertz CT molecular complexity index is 604. The van der Waals surface area contributed by atoms with Crippen molar-refractivity contribution in [3.63, 3.8) is 0 Å². The predicted molar refractivity (Wildman–Crippen MR) is 85.7 cm³/mol. The van der Waals surface area contributed by atoms with Crippen LogP contribution in [0.25, 0.3) is 0 Å². The topological polar surface area (TPSA) is 105 Å². The Hall–Kier alpha value is -1.26. The molecule has 2 N–H and O–H groups in total. The Morgan fingerprint density at radius 2 is 2.05 bits per heavy atom. The fourth-order valence-electron chi connectivity index (χ4n) is 2.07. The number of hydrogen-bond donors (Lipinski definition) is 2. The monoisotopic (exact) mass is 348 g/mol. The normalized spacial score (nSPS) is 16.5. The van der Waals surface area contributed by atoms with Gasteiger partial charge in [-0.25, -0.2) is 17.5 Å². The van der Waals surface area contributed by atoms with Gasteiger partial charge in [0.1, 0.15) is 11.4 Å². The minimum atomic E-state index is -3.31. The van der Waals surface area contributed by atoms with Crippen LogP contribution in [0.15, 0.2) is 4.52 Å². The van der Waals surface area contributed by atoms with Crippen LogP contribution in [0.3, 0.4) is 0 Å². The molecule has 0 aliphatic carbocycles. The van der Waals surface area contributed by atoms with Gasteiger partial charge in [0, 0.05) is 31.1 Å². The number of aromatic nitrogens is 1. The van der Waals surface area contributed by atoms with E-state index in [1.54, 1.807) is 25.6 Å². The number of carbonyl (C=O) groups excluding carboxylic acids is 1. The van der Waals surface area contributed by atoms with E-state index in [2.05, 4.69) is 15.8 Å². The molecule has 1 saturated heterocycles. The van der Waals surface area contributed by atoms with E-state index in [0.717, 1.165) is 11.5 Å². The second kappa shape index (κ2) is 7.34. The van der Waals surface area contributed by atoms with Crippen molar-refractivity contribution in [2.75, 3.05) is 42.2 Å². The summed E-state index contributed by atoms with van der Waals surface area (Å²) < 4.78 is 30.6. The Morgan fingerprint density at radius 1 is 1.36 bits per heavy atom. The summed E-state index contributed by atoms with van der Waals surface area (Å²) in [5.74, 6) is 2.04.